The summed E-state index contributed by atoms with van der Waals surface area (Å²) in [5.74, 6) is 3.60. The van der Waals surface area contributed by atoms with Gasteiger partial charge in [0.15, 0.2) is 0 Å². The minimum absolute atomic E-state index is 0.604. The van der Waals surface area contributed by atoms with Crippen molar-refractivity contribution in [1.29, 1.82) is 0 Å². The normalized spacial score (nSPS) is 13.6. The van der Waals surface area contributed by atoms with Crippen LogP contribution < -0.4 is 0 Å². The quantitative estimate of drug-likeness (QED) is 0.142. The third kappa shape index (κ3) is 6.62. The van der Waals surface area contributed by atoms with Crippen molar-refractivity contribution in [2.45, 2.75) is 53.6 Å². The van der Waals surface area contributed by atoms with Crippen LogP contribution in [0.3, 0.4) is 0 Å². The van der Waals surface area contributed by atoms with E-state index in [1.54, 1.807) is 0 Å². The van der Waals surface area contributed by atoms with Gasteiger partial charge in [0.1, 0.15) is 31.1 Å². The molecule has 0 bridgehead atoms. The number of fused-ring (bicyclic) bond motifs is 2. The molecule has 5 heteroatoms. The highest BCUT2D eigenvalue weighted by Gasteiger charge is 2.46. The van der Waals surface area contributed by atoms with Crippen molar-refractivity contribution in [2.24, 2.45) is 0 Å². The number of hydrogen-bond donors (Lipinski definition) is 0. The van der Waals surface area contributed by atoms with Crippen molar-refractivity contribution in [3.05, 3.63) is 212 Å². The third-order valence-electron chi connectivity index (χ3n) is 12.9. The molecule has 0 N–H and O–H groups in total. The minimum Gasteiger partial charge on any atom is -0.462 e. The summed E-state index contributed by atoms with van der Waals surface area (Å²) in [6.45, 7) is 13.5. The highest BCUT2D eigenvalue weighted by atomic mass is 35.5. The Morgan fingerprint density at radius 2 is 0.885 bits per heavy atom. The summed E-state index contributed by atoms with van der Waals surface area (Å²) in [5.41, 5.74) is 19.1. The Morgan fingerprint density at radius 1 is 0.426 bits per heavy atom. The lowest BCUT2D eigenvalue weighted by atomic mass is 9.91. The Balaban J connectivity index is 1.24. The zero-order valence-corrected chi connectivity index (χ0v) is 37.9. The number of benzene rings is 6. The van der Waals surface area contributed by atoms with Crippen LogP contribution in [0, 0.1) is 27.7 Å². The second-order valence-corrected chi connectivity index (χ2v) is 22.2. The van der Waals surface area contributed by atoms with Crippen molar-refractivity contribution in [3.8, 4) is 44.5 Å². The van der Waals surface area contributed by atoms with Crippen molar-refractivity contribution in [1.82, 2.24) is 0 Å². The molecule has 300 valence electrons. The van der Waals surface area contributed by atoms with Gasteiger partial charge in [0.05, 0.1) is 10.0 Å². The molecule has 2 nitrogen and oxygen atoms in total. The predicted octanol–water partition coefficient (Wildman–Crippen LogP) is 16.5. The van der Waals surface area contributed by atoms with Crippen molar-refractivity contribution in [2.75, 3.05) is 0 Å². The fraction of sp³-hybridized carbons (Fsp3) is 0.143. The largest absolute Gasteiger partial charge is 0.462 e. The van der Waals surface area contributed by atoms with Gasteiger partial charge in [-0.25, -0.2) is 0 Å². The van der Waals surface area contributed by atoms with Crippen molar-refractivity contribution >= 4 is 52.8 Å². The van der Waals surface area contributed by atoms with E-state index in [0.717, 1.165) is 51.7 Å². The van der Waals surface area contributed by atoms with Crippen LogP contribution in [0.25, 0.3) is 66.0 Å². The zero-order valence-electron chi connectivity index (χ0n) is 35.3. The topological polar surface area (TPSA) is 26.3 Å². The van der Waals surface area contributed by atoms with Crippen LogP contribution in [0.1, 0.15) is 56.4 Å². The maximum absolute atomic E-state index is 7.43. The molecule has 2 heterocycles. The average Bonchev–Trinajstić information content (AvgIpc) is 4.09. The van der Waals surface area contributed by atoms with E-state index in [9.17, 15) is 0 Å². The minimum atomic E-state index is -2.82. The van der Waals surface area contributed by atoms with Gasteiger partial charge < -0.3 is 8.83 Å². The molecule has 2 aliphatic rings. The third-order valence-corrected chi connectivity index (χ3v) is 17.5. The molecule has 0 saturated heterocycles. The first-order valence-corrected chi connectivity index (χ1v) is 24.8. The summed E-state index contributed by atoms with van der Waals surface area (Å²) in [6, 6.07) is 52.3. The van der Waals surface area contributed by atoms with Crippen LogP contribution in [0.15, 0.2) is 154 Å². The van der Waals surface area contributed by atoms with Crippen LogP contribution in [0.5, 0.6) is 0 Å². The Bertz CT molecular complexity index is 3070. The molecule has 0 spiro atoms. The molecule has 61 heavy (non-hydrogen) atoms. The van der Waals surface area contributed by atoms with Crippen molar-refractivity contribution in [3.63, 3.8) is 0 Å². The Morgan fingerprint density at radius 3 is 1.39 bits per heavy atom. The van der Waals surface area contributed by atoms with E-state index in [4.69, 9.17) is 32.0 Å². The standard InChI is InChI=1S/C56H46Cl2O2Si/c1-33-17-20-43-31-44(47-29-18-34(2)59-47)55(51(43)49(33)41-25-21-39(22-26-41)37-13-9-7-10-14-37)61(5,6)56-45(48-30-19-35(3)60-48)32-46-52(56)50(36(4)53(57)54(46)58)42-27-23-40(24-28-42)38-15-11-8-12-16-38/h7-30H,31-32H2,1-6H3. The summed E-state index contributed by atoms with van der Waals surface area (Å²) in [6.07, 6.45) is 1.41. The van der Waals surface area contributed by atoms with Gasteiger partial charge in [0, 0.05) is 12.8 Å². The lowest BCUT2D eigenvalue weighted by Gasteiger charge is -2.33. The molecule has 8 aromatic rings. The van der Waals surface area contributed by atoms with Crippen LogP contribution in [0.4, 0.5) is 0 Å². The fourth-order valence-electron chi connectivity index (χ4n) is 10.1. The Labute approximate surface area is 369 Å². The molecule has 0 aliphatic heterocycles. The first-order chi connectivity index (χ1) is 29.5. The number of furan rings is 2. The maximum atomic E-state index is 7.43. The smallest absolute Gasteiger partial charge is 0.130 e. The van der Waals surface area contributed by atoms with Gasteiger partial charge in [-0.1, -0.05) is 158 Å². The van der Waals surface area contributed by atoms with Gasteiger partial charge in [-0.3, -0.25) is 0 Å². The van der Waals surface area contributed by atoms with Crippen molar-refractivity contribution < 1.29 is 8.83 Å². The Hall–Kier alpha value is -5.84. The molecule has 10 rings (SSSR count). The maximum Gasteiger partial charge on any atom is 0.130 e. The molecule has 0 fully saturated rings. The van der Waals surface area contributed by atoms with Crippen LogP contribution in [0.2, 0.25) is 23.1 Å². The monoisotopic (exact) mass is 848 g/mol. The number of allylic oxidation sites excluding steroid dienone is 2. The van der Waals surface area contributed by atoms with Crippen LogP contribution >= 0.6 is 23.2 Å². The molecule has 6 aromatic carbocycles. The van der Waals surface area contributed by atoms with Gasteiger partial charge >= 0.3 is 0 Å². The second kappa shape index (κ2) is 15.3. The summed E-state index contributed by atoms with van der Waals surface area (Å²) in [7, 11) is -2.82. The van der Waals surface area contributed by atoms with Crippen LogP contribution in [-0.2, 0) is 12.8 Å². The molecule has 0 saturated carbocycles. The van der Waals surface area contributed by atoms with E-state index < -0.39 is 8.07 Å². The first-order valence-electron chi connectivity index (χ1n) is 21.1. The predicted molar refractivity (Wildman–Crippen MR) is 260 cm³/mol. The van der Waals surface area contributed by atoms with Gasteiger partial charge in [0.2, 0.25) is 0 Å². The van der Waals surface area contributed by atoms with E-state index in [1.165, 1.54) is 77.2 Å². The first kappa shape index (κ1) is 39.3. The molecule has 0 atom stereocenters. The van der Waals surface area contributed by atoms with Gasteiger partial charge in [-0.15, -0.1) is 0 Å². The zero-order chi connectivity index (χ0) is 42.2. The number of halogens is 2. The molecular weight excluding hydrogens is 804 g/mol. The number of hydrogen-bond acceptors (Lipinski definition) is 2. The molecule has 2 aromatic heterocycles. The highest BCUT2D eigenvalue weighted by molar-refractivity contribution is 7.10. The van der Waals surface area contributed by atoms with E-state index in [0.29, 0.717) is 16.5 Å². The van der Waals surface area contributed by atoms with Crippen LogP contribution in [-0.4, -0.2) is 8.07 Å². The molecular formula is C56H46Cl2O2Si. The number of aryl methyl sites for hydroxylation is 3. The van der Waals surface area contributed by atoms with Gasteiger partial charge in [-0.05, 0) is 151 Å². The molecule has 0 amide bonds. The summed E-state index contributed by atoms with van der Waals surface area (Å²) < 4.78 is 13.2. The Kier molecular flexibility index (Phi) is 9.83. The molecule has 2 aliphatic carbocycles. The summed E-state index contributed by atoms with van der Waals surface area (Å²) in [5, 5.41) is 3.95. The highest BCUT2D eigenvalue weighted by Crippen LogP contribution is 2.58. The van der Waals surface area contributed by atoms with E-state index in [2.05, 4.69) is 173 Å². The average molecular weight is 850 g/mol. The SMILES string of the molecule is Cc1ccc(C2=C([Si](C)(C)C3=C(c4ccc(C)o4)Cc4c(Cl)c(Cl)c(C)c(-c5ccc(-c6ccccc6)cc5)c43)c3c(ccc(C)c3-c3ccc(-c4ccccc4)cc3)C2)o1. The summed E-state index contributed by atoms with van der Waals surface area (Å²) in [4.78, 5) is 0. The summed E-state index contributed by atoms with van der Waals surface area (Å²) >= 11 is 14.7. The van der Waals surface area contributed by atoms with Gasteiger partial charge in [-0.2, -0.15) is 0 Å². The van der Waals surface area contributed by atoms with E-state index in [-0.39, 0.29) is 0 Å². The van der Waals surface area contributed by atoms with E-state index >= 15 is 0 Å². The van der Waals surface area contributed by atoms with Gasteiger partial charge in [0.25, 0.3) is 0 Å². The molecule has 0 radical (unpaired) electrons. The van der Waals surface area contributed by atoms with E-state index in [1.807, 2.05) is 13.8 Å². The molecule has 0 unspecified atom stereocenters. The number of rotatable bonds is 8. The second-order valence-electron chi connectivity index (χ2n) is 17.2. The fourth-order valence-corrected chi connectivity index (χ4v) is 14.6. The lowest BCUT2D eigenvalue weighted by Crippen LogP contribution is -2.32. The lowest BCUT2D eigenvalue weighted by molar-refractivity contribution is 0.520.